The highest BCUT2D eigenvalue weighted by Gasteiger charge is 2.05. The van der Waals surface area contributed by atoms with Gasteiger partial charge >= 0.3 is 0 Å². The third-order valence-electron chi connectivity index (χ3n) is 1.80. The predicted octanol–water partition coefficient (Wildman–Crippen LogP) is 0.231. The van der Waals surface area contributed by atoms with Crippen LogP contribution in [0.4, 0.5) is 5.95 Å². The maximum absolute atomic E-state index is 4.20. The predicted molar refractivity (Wildman–Crippen MR) is 50.5 cm³/mol. The van der Waals surface area contributed by atoms with Crippen molar-refractivity contribution in [2.45, 2.75) is 6.54 Å². The van der Waals surface area contributed by atoms with Gasteiger partial charge in [0, 0.05) is 13.2 Å². The lowest BCUT2D eigenvalue weighted by Gasteiger charge is -2.12. The van der Waals surface area contributed by atoms with Crippen LogP contribution in [0.3, 0.4) is 0 Å². The average molecular weight is 190 g/mol. The largest absolute Gasteiger partial charge is 0.335 e. The molecular formula is C8H10N6. The Balaban J connectivity index is 2.06. The van der Waals surface area contributed by atoms with Gasteiger partial charge < -0.3 is 4.90 Å². The molecule has 0 radical (unpaired) electrons. The van der Waals surface area contributed by atoms with Crippen molar-refractivity contribution in [3.05, 3.63) is 30.1 Å². The molecule has 0 bridgehead atoms. The number of nitrogens with one attached hydrogen (secondary N) is 1. The highest BCUT2D eigenvalue weighted by Crippen LogP contribution is 2.04. The van der Waals surface area contributed by atoms with Crippen LogP contribution in [-0.4, -0.2) is 32.7 Å². The Morgan fingerprint density at radius 3 is 3.00 bits per heavy atom. The summed E-state index contributed by atoms with van der Waals surface area (Å²) in [6.45, 7) is 0.667. The van der Waals surface area contributed by atoms with Gasteiger partial charge in [-0.2, -0.15) is 5.21 Å². The van der Waals surface area contributed by atoms with Crippen molar-refractivity contribution >= 4 is 5.95 Å². The van der Waals surface area contributed by atoms with Crippen LogP contribution >= 0.6 is 0 Å². The van der Waals surface area contributed by atoms with Gasteiger partial charge in [-0.25, -0.2) is 0 Å². The van der Waals surface area contributed by atoms with Crippen LogP contribution in [0, 0.1) is 0 Å². The lowest BCUT2D eigenvalue weighted by molar-refractivity contribution is 0.844. The number of hydrogen-bond donors (Lipinski definition) is 1. The molecule has 2 aromatic rings. The summed E-state index contributed by atoms with van der Waals surface area (Å²) in [6, 6.07) is 5.79. The smallest absolute Gasteiger partial charge is 0.265 e. The summed E-state index contributed by atoms with van der Waals surface area (Å²) in [5.41, 5.74) is 0.972. The van der Waals surface area contributed by atoms with Crippen molar-refractivity contribution in [2.75, 3.05) is 11.9 Å². The van der Waals surface area contributed by atoms with Gasteiger partial charge in [0.1, 0.15) is 0 Å². The molecule has 0 saturated heterocycles. The zero-order valence-corrected chi connectivity index (χ0v) is 7.75. The lowest BCUT2D eigenvalue weighted by Crippen LogP contribution is -2.18. The molecule has 2 aromatic heterocycles. The topological polar surface area (TPSA) is 70.6 Å². The van der Waals surface area contributed by atoms with Crippen molar-refractivity contribution in [2.24, 2.45) is 0 Å². The molecule has 6 nitrogen and oxygen atoms in total. The molecule has 14 heavy (non-hydrogen) atoms. The summed E-state index contributed by atoms with van der Waals surface area (Å²) in [5.74, 6) is 0.565. The first-order chi connectivity index (χ1) is 6.86. The summed E-state index contributed by atoms with van der Waals surface area (Å²) in [5, 5.41) is 13.6. The maximum atomic E-state index is 4.20. The minimum absolute atomic E-state index is 0.565. The van der Waals surface area contributed by atoms with E-state index in [1.807, 2.05) is 30.1 Å². The van der Waals surface area contributed by atoms with Crippen molar-refractivity contribution in [3.8, 4) is 0 Å². The minimum Gasteiger partial charge on any atom is -0.335 e. The normalized spacial score (nSPS) is 10.1. The second-order valence-electron chi connectivity index (χ2n) is 2.89. The highest BCUT2D eigenvalue weighted by molar-refractivity contribution is 5.25. The zero-order chi connectivity index (χ0) is 9.80. The minimum atomic E-state index is 0.565. The molecule has 72 valence electrons. The Bertz CT molecular complexity index is 370. The number of aromatic nitrogens is 5. The molecule has 0 atom stereocenters. The first-order valence-electron chi connectivity index (χ1n) is 4.21. The van der Waals surface area contributed by atoms with E-state index in [0.717, 1.165) is 5.69 Å². The Kier molecular flexibility index (Phi) is 2.35. The molecule has 1 N–H and O–H groups in total. The maximum Gasteiger partial charge on any atom is 0.265 e. The molecule has 0 aromatic carbocycles. The van der Waals surface area contributed by atoms with Crippen LogP contribution < -0.4 is 4.90 Å². The van der Waals surface area contributed by atoms with E-state index in [4.69, 9.17) is 0 Å². The molecule has 0 saturated carbocycles. The fraction of sp³-hybridized carbons (Fsp3) is 0.250. The van der Waals surface area contributed by atoms with Crippen molar-refractivity contribution in [1.29, 1.82) is 0 Å². The van der Waals surface area contributed by atoms with Crippen LogP contribution in [0.5, 0.6) is 0 Å². The molecule has 0 aliphatic heterocycles. The molecule has 0 amide bonds. The second kappa shape index (κ2) is 3.82. The molecular weight excluding hydrogens is 180 g/mol. The number of pyridine rings is 1. The van der Waals surface area contributed by atoms with Crippen LogP contribution in [0.15, 0.2) is 24.4 Å². The van der Waals surface area contributed by atoms with Gasteiger partial charge in [-0.15, -0.1) is 5.10 Å². The van der Waals surface area contributed by atoms with Crippen LogP contribution in [0.25, 0.3) is 0 Å². The van der Waals surface area contributed by atoms with E-state index in [2.05, 4.69) is 25.6 Å². The van der Waals surface area contributed by atoms with Crippen molar-refractivity contribution < 1.29 is 0 Å². The lowest BCUT2D eigenvalue weighted by atomic mass is 10.3. The number of anilines is 1. The van der Waals surface area contributed by atoms with E-state index in [1.54, 1.807) is 6.20 Å². The summed E-state index contributed by atoms with van der Waals surface area (Å²) >= 11 is 0. The van der Waals surface area contributed by atoms with Crippen LogP contribution in [0.1, 0.15) is 5.69 Å². The SMILES string of the molecule is CN(Cc1ccccn1)c1nn[nH]n1. The van der Waals surface area contributed by atoms with Gasteiger partial charge in [-0.05, 0) is 17.3 Å². The molecule has 0 fully saturated rings. The highest BCUT2D eigenvalue weighted by atomic mass is 15.5. The van der Waals surface area contributed by atoms with Crippen molar-refractivity contribution in [1.82, 2.24) is 25.6 Å². The van der Waals surface area contributed by atoms with Crippen LogP contribution in [-0.2, 0) is 6.54 Å². The van der Waals surface area contributed by atoms with E-state index in [1.165, 1.54) is 0 Å². The van der Waals surface area contributed by atoms with E-state index in [9.17, 15) is 0 Å². The van der Waals surface area contributed by atoms with Gasteiger partial charge in [0.25, 0.3) is 5.95 Å². The standard InChI is InChI=1S/C8H10N6/c1-14(8-10-12-13-11-8)6-7-4-2-3-5-9-7/h2-5H,6H2,1H3,(H,10,11,12,13). The summed E-state index contributed by atoms with van der Waals surface area (Å²) in [6.07, 6.45) is 1.76. The number of hydrogen-bond acceptors (Lipinski definition) is 5. The van der Waals surface area contributed by atoms with Gasteiger partial charge in [0.05, 0.1) is 12.2 Å². The van der Waals surface area contributed by atoms with E-state index in [0.29, 0.717) is 12.5 Å². The van der Waals surface area contributed by atoms with E-state index >= 15 is 0 Å². The summed E-state index contributed by atoms with van der Waals surface area (Å²) < 4.78 is 0. The average Bonchev–Trinajstić information content (AvgIpc) is 2.72. The molecule has 2 heterocycles. The monoisotopic (exact) mass is 190 g/mol. The Labute approximate surface area is 81.0 Å². The quantitative estimate of drug-likeness (QED) is 0.750. The van der Waals surface area contributed by atoms with Crippen LogP contribution in [0.2, 0.25) is 0 Å². The number of tetrazole rings is 1. The number of rotatable bonds is 3. The molecule has 0 unspecified atom stereocenters. The third-order valence-corrected chi connectivity index (χ3v) is 1.80. The first kappa shape index (κ1) is 8.61. The first-order valence-corrected chi connectivity index (χ1v) is 4.21. The zero-order valence-electron chi connectivity index (χ0n) is 7.75. The molecule has 0 aliphatic rings. The third kappa shape index (κ3) is 1.85. The fourth-order valence-electron chi connectivity index (χ4n) is 1.12. The Hall–Kier alpha value is -1.98. The van der Waals surface area contributed by atoms with Gasteiger partial charge in [0.2, 0.25) is 0 Å². The molecule has 2 rings (SSSR count). The second-order valence-corrected chi connectivity index (χ2v) is 2.89. The molecule has 6 heteroatoms. The number of aromatic amines is 1. The Morgan fingerprint density at radius 2 is 2.36 bits per heavy atom. The van der Waals surface area contributed by atoms with E-state index < -0.39 is 0 Å². The van der Waals surface area contributed by atoms with Gasteiger partial charge in [-0.1, -0.05) is 11.2 Å². The molecule has 0 spiro atoms. The van der Waals surface area contributed by atoms with Gasteiger partial charge in [-0.3, -0.25) is 4.98 Å². The molecule has 0 aliphatic carbocycles. The van der Waals surface area contributed by atoms with Crippen molar-refractivity contribution in [3.63, 3.8) is 0 Å². The Morgan fingerprint density at radius 1 is 1.43 bits per heavy atom. The number of H-pyrrole nitrogens is 1. The van der Waals surface area contributed by atoms with E-state index in [-0.39, 0.29) is 0 Å². The summed E-state index contributed by atoms with van der Waals surface area (Å²) in [7, 11) is 1.89. The summed E-state index contributed by atoms with van der Waals surface area (Å²) in [4.78, 5) is 6.07. The fourth-order valence-corrected chi connectivity index (χ4v) is 1.12. The number of nitrogens with zero attached hydrogens (tertiary/aromatic N) is 5. The van der Waals surface area contributed by atoms with Gasteiger partial charge in [0.15, 0.2) is 0 Å².